The number of aliphatic carboxylic acids is 1. The van der Waals surface area contributed by atoms with Gasteiger partial charge in [0.1, 0.15) is 0 Å². The molecule has 0 unspecified atom stereocenters. The normalized spacial score (nSPS) is 13.4. The Kier molecular flexibility index (Phi) is 4.74. The molecular formula is C12H12O7. The van der Waals surface area contributed by atoms with Crippen LogP contribution in [-0.4, -0.2) is 45.4 Å². The van der Waals surface area contributed by atoms with Gasteiger partial charge in [-0.25, -0.2) is 14.4 Å². The highest BCUT2D eigenvalue weighted by molar-refractivity contribution is 5.99. The highest BCUT2D eigenvalue weighted by Gasteiger charge is 2.32. The minimum absolute atomic E-state index is 0.0657. The van der Waals surface area contributed by atoms with Gasteiger partial charge in [-0.2, -0.15) is 0 Å². The van der Waals surface area contributed by atoms with Crippen LogP contribution in [0, 0.1) is 6.92 Å². The molecule has 0 amide bonds. The smallest absolute Gasteiger partial charge is 0.346 e. The summed E-state index contributed by atoms with van der Waals surface area (Å²) in [5.74, 6) is -4.37. The van der Waals surface area contributed by atoms with Gasteiger partial charge in [-0.1, -0.05) is 17.7 Å². The second-order valence-corrected chi connectivity index (χ2v) is 3.80. The Morgan fingerprint density at radius 3 is 2.05 bits per heavy atom. The van der Waals surface area contributed by atoms with Gasteiger partial charge in [-0.05, 0) is 19.1 Å². The maximum Gasteiger partial charge on any atom is 0.346 e. The Balaban J connectivity index is 2.69. The molecule has 0 spiro atoms. The number of hydrogen-bond donors (Lipinski definition) is 3. The van der Waals surface area contributed by atoms with Crippen molar-refractivity contribution in [2.24, 2.45) is 0 Å². The van der Waals surface area contributed by atoms with Gasteiger partial charge >= 0.3 is 17.9 Å². The summed E-state index contributed by atoms with van der Waals surface area (Å²) >= 11 is 0. The molecule has 19 heavy (non-hydrogen) atoms. The van der Waals surface area contributed by atoms with Crippen LogP contribution in [-0.2, 0) is 14.3 Å². The van der Waals surface area contributed by atoms with E-state index in [4.69, 9.17) is 15.3 Å². The molecule has 0 saturated carbocycles. The molecule has 2 atom stereocenters. The minimum Gasteiger partial charge on any atom is -0.479 e. The van der Waals surface area contributed by atoms with Crippen molar-refractivity contribution < 1.29 is 34.4 Å². The highest BCUT2D eigenvalue weighted by atomic mass is 16.6. The van der Waals surface area contributed by atoms with E-state index in [0.29, 0.717) is 0 Å². The van der Waals surface area contributed by atoms with Gasteiger partial charge in [-0.3, -0.25) is 0 Å². The van der Waals surface area contributed by atoms with Crippen molar-refractivity contribution in [3.63, 3.8) is 0 Å². The number of rotatable bonds is 4. The number of carbonyl (C=O) groups is 3. The molecule has 0 bridgehead atoms. The van der Waals surface area contributed by atoms with Crippen LogP contribution in [0.15, 0.2) is 24.3 Å². The van der Waals surface area contributed by atoms with Gasteiger partial charge in [0.15, 0.2) is 12.2 Å². The second kappa shape index (κ2) is 6.07. The fraction of sp³-hybridized carbons (Fsp3) is 0.250. The van der Waals surface area contributed by atoms with Crippen LogP contribution in [0.5, 0.6) is 0 Å². The lowest BCUT2D eigenvalue weighted by atomic mass is 10.1. The van der Waals surface area contributed by atoms with Crippen molar-refractivity contribution in [1.82, 2.24) is 0 Å². The van der Waals surface area contributed by atoms with Gasteiger partial charge in [0.05, 0.1) is 5.56 Å². The zero-order chi connectivity index (χ0) is 14.6. The van der Waals surface area contributed by atoms with E-state index in [2.05, 4.69) is 4.74 Å². The Bertz CT molecular complexity index is 491. The summed E-state index contributed by atoms with van der Waals surface area (Å²) in [5, 5.41) is 26.4. The molecule has 7 heteroatoms. The predicted octanol–water partition coefficient (Wildman–Crippen LogP) is -0.515. The molecule has 1 aromatic rings. The fourth-order valence-electron chi connectivity index (χ4n) is 1.16. The lowest BCUT2D eigenvalue weighted by Crippen LogP contribution is -2.41. The molecular weight excluding hydrogens is 256 g/mol. The fourth-order valence-corrected chi connectivity index (χ4v) is 1.16. The molecule has 7 nitrogen and oxygen atoms in total. The van der Waals surface area contributed by atoms with E-state index in [-0.39, 0.29) is 5.56 Å². The van der Waals surface area contributed by atoms with Crippen LogP contribution in [0.4, 0.5) is 0 Å². The van der Waals surface area contributed by atoms with Gasteiger partial charge in [0.25, 0.3) is 0 Å². The zero-order valence-electron chi connectivity index (χ0n) is 9.94. The average molecular weight is 268 g/mol. The van der Waals surface area contributed by atoms with E-state index in [1.807, 2.05) is 0 Å². The lowest BCUT2D eigenvalue weighted by molar-refractivity contribution is -0.166. The molecule has 0 aliphatic rings. The third-order valence-electron chi connectivity index (χ3n) is 2.27. The first-order chi connectivity index (χ1) is 8.82. The first-order valence-corrected chi connectivity index (χ1v) is 5.24. The molecule has 0 aliphatic heterocycles. The number of carbonyl (C=O) groups excluding carboxylic acids is 2. The molecule has 0 saturated heterocycles. The predicted molar refractivity (Wildman–Crippen MR) is 61.3 cm³/mol. The highest BCUT2D eigenvalue weighted by Crippen LogP contribution is 2.06. The summed E-state index contributed by atoms with van der Waals surface area (Å²) in [7, 11) is 0. The van der Waals surface area contributed by atoms with Crippen molar-refractivity contribution in [1.29, 1.82) is 0 Å². The van der Waals surface area contributed by atoms with E-state index in [1.54, 1.807) is 19.1 Å². The summed E-state index contributed by atoms with van der Waals surface area (Å²) in [4.78, 5) is 33.0. The summed E-state index contributed by atoms with van der Waals surface area (Å²) in [6.07, 6.45) is -4.68. The molecule has 0 aliphatic carbocycles. The van der Waals surface area contributed by atoms with E-state index in [9.17, 15) is 14.4 Å². The molecule has 3 N–H and O–H groups in total. The van der Waals surface area contributed by atoms with Crippen LogP contribution < -0.4 is 0 Å². The molecule has 0 fully saturated rings. The van der Waals surface area contributed by atoms with Crippen LogP contribution >= 0.6 is 0 Å². The Labute approximate surface area is 108 Å². The summed E-state index contributed by atoms with van der Waals surface area (Å²) < 4.78 is 4.26. The largest absolute Gasteiger partial charge is 0.479 e. The SMILES string of the molecule is Cc1ccc(C(=O)OC(=O)[C@@H](O)[C@H](O)C(=O)O)cc1. The molecule has 0 heterocycles. The summed E-state index contributed by atoms with van der Waals surface area (Å²) in [6.45, 7) is 1.80. The van der Waals surface area contributed by atoms with Crippen molar-refractivity contribution >= 4 is 17.9 Å². The van der Waals surface area contributed by atoms with Gasteiger partial charge in [-0.15, -0.1) is 0 Å². The number of carboxylic acids is 1. The van der Waals surface area contributed by atoms with Crippen LogP contribution in [0.1, 0.15) is 15.9 Å². The van der Waals surface area contributed by atoms with Gasteiger partial charge in [0, 0.05) is 0 Å². The Morgan fingerprint density at radius 1 is 1.05 bits per heavy atom. The maximum atomic E-state index is 11.5. The second-order valence-electron chi connectivity index (χ2n) is 3.80. The van der Waals surface area contributed by atoms with Crippen LogP contribution in [0.25, 0.3) is 0 Å². The number of benzene rings is 1. The number of aliphatic hydroxyl groups is 2. The maximum absolute atomic E-state index is 11.5. The van der Waals surface area contributed by atoms with Crippen LogP contribution in [0.3, 0.4) is 0 Å². The minimum atomic E-state index is -2.35. The number of hydrogen-bond acceptors (Lipinski definition) is 6. The standard InChI is InChI=1S/C12H12O7/c1-6-2-4-7(5-3-6)11(17)19-12(18)9(14)8(13)10(15)16/h2-5,8-9,13-14H,1H3,(H,15,16)/t8-,9-/m0/s1. The van der Waals surface area contributed by atoms with Crippen molar-refractivity contribution in [2.75, 3.05) is 0 Å². The molecule has 0 aromatic heterocycles. The van der Waals surface area contributed by atoms with E-state index >= 15 is 0 Å². The van der Waals surface area contributed by atoms with E-state index < -0.39 is 30.1 Å². The number of carboxylic acid groups (broad SMARTS) is 1. The Hall–Kier alpha value is -2.25. The third-order valence-corrected chi connectivity index (χ3v) is 2.27. The van der Waals surface area contributed by atoms with E-state index in [1.165, 1.54) is 12.1 Å². The quantitative estimate of drug-likeness (QED) is 0.496. The molecule has 102 valence electrons. The number of esters is 2. The number of aliphatic hydroxyl groups excluding tert-OH is 2. The number of ether oxygens (including phenoxy) is 1. The molecule has 0 radical (unpaired) electrons. The summed E-state index contributed by atoms with van der Waals surface area (Å²) in [5.41, 5.74) is 0.958. The van der Waals surface area contributed by atoms with E-state index in [0.717, 1.165) is 5.56 Å². The lowest BCUT2D eigenvalue weighted by Gasteiger charge is -2.12. The first kappa shape index (κ1) is 14.8. The average Bonchev–Trinajstić information content (AvgIpc) is 2.37. The topological polar surface area (TPSA) is 121 Å². The third kappa shape index (κ3) is 3.87. The first-order valence-electron chi connectivity index (χ1n) is 5.24. The van der Waals surface area contributed by atoms with Crippen molar-refractivity contribution in [2.45, 2.75) is 19.1 Å². The van der Waals surface area contributed by atoms with Gasteiger partial charge < -0.3 is 20.1 Å². The summed E-state index contributed by atoms with van der Waals surface area (Å²) in [6, 6.07) is 6.04. The molecule has 1 aromatic carbocycles. The van der Waals surface area contributed by atoms with Crippen molar-refractivity contribution in [3.05, 3.63) is 35.4 Å². The van der Waals surface area contributed by atoms with Crippen molar-refractivity contribution in [3.8, 4) is 0 Å². The zero-order valence-corrected chi connectivity index (χ0v) is 9.94. The Morgan fingerprint density at radius 2 is 1.58 bits per heavy atom. The number of aryl methyl sites for hydroxylation is 1. The molecule has 1 rings (SSSR count). The van der Waals surface area contributed by atoms with Gasteiger partial charge in [0.2, 0.25) is 0 Å². The van der Waals surface area contributed by atoms with Crippen LogP contribution in [0.2, 0.25) is 0 Å². The monoisotopic (exact) mass is 268 g/mol.